The summed E-state index contributed by atoms with van der Waals surface area (Å²) in [6.45, 7) is 4.73. The van der Waals surface area contributed by atoms with Crippen LogP contribution in [0.1, 0.15) is 25.0 Å². The van der Waals surface area contributed by atoms with Crippen LogP contribution in [0.25, 0.3) is 77.3 Å². The molecule has 0 aliphatic heterocycles. The van der Waals surface area contributed by atoms with Crippen molar-refractivity contribution in [2.24, 2.45) is 0 Å². The SMILES string of the molecule is CC1(C)c2ccccc2-c2c(-c3ccc4c(ccc5ccc6nc(-c7ccccc7)c(-c7ccccc7)nc6c54)c3)cc(N(c3ccccc3)c3ccccc3)cc21. The lowest BCUT2D eigenvalue weighted by molar-refractivity contribution is 0.660. The molecule has 1 aliphatic rings. The molecule has 0 unspecified atom stereocenters. The third-order valence-corrected chi connectivity index (χ3v) is 12.0. The van der Waals surface area contributed by atoms with E-state index in [1.54, 1.807) is 0 Å². The highest BCUT2D eigenvalue weighted by Gasteiger charge is 2.38. The van der Waals surface area contributed by atoms with Crippen molar-refractivity contribution in [3.8, 4) is 44.8 Å². The fourth-order valence-electron chi connectivity index (χ4n) is 9.19. The molecule has 1 heterocycles. The van der Waals surface area contributed by atoms with Gasteiger partial charge >= 0.3 is 0 Å². The van der Waals surface area contributed by atoms with Crippen LogP contribution in [0.3, 0.4) is 0 Å². The number of hydrogen-bond donors (Lipinski definition) is 0. The summed E-state index contributed by atoms with van der Waals surface area (Å²) in [7, 11) is 0. The molecule has 11 rings (SSSR count). The number of fused-ring (bicyclic) bond motifs is 8. The van der Waals surface area contributed by atoms with E-state index in [0.717, 1.165) is 66.8 Å². The van der Waals surface area contributed by atoms with Crippen LogP contribution >= 0.6 is 0 Å². The first-order chi connectivity index (χ1) is 28.5. The summed E-state index contributed by atoms with van der Waals surface area (Å²) in [5.74, 6) is 0. The average molecular weight is 742 g/mol. The zero-order valence-corrected chi connectivity index (χ0v) is 32.4. The van der Waals surface area contributed by atoms with E-state index >= 15 is 0 Å². The van der Waals surface area contributed by atoms with Gasteiger partial charge in [0, 0.05) is 39.0 Å². The van der Waals surface area contributed by atoms with Gasteiger partial charge in [0.05, 0.1) is 22.4 Å². The van der Waals surface area contributed by atoms with Gasteiger partial charge in [0.2, 0.25) is 0 Å². The highest BCUT2D eigenvalue weighted by atomic mass is 15.1. The molecular formula is C55H39N3. The molecule has 0 N–H and O–H groups in total. The van der Waals surface area contributed by atoms with Crippen LogP contribution in [-0.2, 0) is 5.41 Å². The predicted octanol–water partition coefficient (Wildman–Crippen LogP) is 14.7. The Morgan fingerprint density at radius 1 is 0.414 bits per heavy atom. The van der Waals surface area contributed by atoms with E-state index in [1.165, 1.54) is 38.8 Å². The monoisotopic (exact) mass is 741 g/mol. The van der Waals surface area contributed by atoms with Gasteiger partial charge in [0.15, 0.2) is 0 Å². The van der Waals surface area contributed by atoms with Gasteiger partial charge in [0.25, 0.3) is 0 Å². The second kappa shape index (κ2) is 13.4. The summed E-state index contributed by atoms with van der Waals surface area (Å²) in [5, 5.41) is 4.60. The van der Waals surface area contributed by atoms with E-state index in [9.17, 15) is 0 Å². The summed E-state index contributed by atoms with van der Waals surface area (Å²) in [6.07, 6.45) is 0. The van der Waals surface area contributed by atoms with Gasteiger partial charge in [-0.3, -0.25) is 0 Å². The standard InChI is InChI=1S/C55H39N3/c1-55(2)47-26-16-15-25-45(47)51-46(34-43(35-48(51)55)58(41-21-11-5-12-22-41)42-23-13-6-14-24-42)40-29-31-44-39(33-40)28-27-36-30-32-49-54(50(36)44)57-53(38-19-9-4-10-20-38)52(56-49)37-17-7-3-8-18-37/h3-35H,1-2H3. The Hall–Kier alpha value is -7.36. The van der Waals surface area contributed by atoms with Crippen LogP contribution in [0.2, 0.25) is 0 Å². The fourth-order valence-corrected chi connectivity index (χ4v) is 9.19. The number of rotatable bonds is 6. The Balaban J connectivity index is 1.16. The second-order valence-corrected chi connectivity index (χ2v) is 15.8. The van der Waals surface area contributed by atoms with Crippen molar-refractivity contribution in [1.29, 1.82) is 0 Å². The van der Waals surface area contributed by atoms with E-state index in [-0.39, 0.29) is 5.41 Å². The summed E-state index contributed by atoms with van der Waals surface area (Å²) in [4.78, 5) is 13.2. The molecule has 0 saturated heterocycles. The third-order valence-electron chi connectivity index (χ3n) is 12.0. The number of nitrogens with zero attached hydrogens (tertiary/aromatic N) is 3. The lowest BCUT2D eigenvalue weighted by Gasteiger charge is -2.29. The van der Waals surface area contributed by atoms with E-state index in [4.69, 9.17) is 9.97 Å². The first kappa shape index (κ1) is 33.9. The molecule has 58 heavy (non-hydrogen) atoms. The smallest absolute Gasteiger partial charge is 0.0979 e. The Labute approximate surface area is 338 Å². The van der Waals surface area contributed by atoms with E-state index < -0.39 is 0 Å². The van der Waals surface area contributed by atoms with Gasteiger partial charge < -0.3 is 4.90 Å². The maximum atomic E-state index is 5.49. The van der Waals surface area contributed by atoms with Gasteiger partial charge in [-0.05, 0) is 98.1 Å². The zero-order chi connectivity index (χ0) is 38.8. The Bertz CT molecular complexity index is 3130. The molecule has 1 aromatic heterocycles. The molecule has 0 radical (unpaired) electrons. The molecule has 0 saturated carbocycles. The van der Waals surface area contributed by atoms with Gasteiger partial charge in [-0.15, -0.1) is 0 Å². The van der Waals surface area contributed by atoms with Crippen molar-refractivity contribution in [1.82, 2.24) is 9.97 Å². The largest absolute Gasteiger partial charge is 0.310 e. The van der Waals surface area contributed by atoms with Crippen molar-refractivity contribution in [2.45, 2.75) is 19.3 Å². The van der Waals surface area contributed by atoms with Crippen LogP contribution in [0.4, 0.5) is 17.1 Å². The van der Waals surface area contributed by atoms with Crippen LogP contribution in [0.15, 0.2) is 200 Å². The van der Waals surface area contributed by atoms with Crippen molar-refractivity contribution in [3.63, 3.8) is 0 Å². The number of hydrogen-bond acceptors (Lipinski definition) is 3. The first-order valence-electron chi connectivity index (χ1n) is 20.0. The van der Waals surface area contributed by atoms with Crippen molar-refractivity contribution >= 4 is 49.6 Å². The van der Waals surface area contributed by atoms with Gasteiger partial charge in [-0.1, -0.05) is 166 Å². The van der Waals surface area contributed by atoms with Gasteiger partial charge in [-0.2, -0.15) is 0 Å². The molecule has 10 aromatic rings. The molecule has 0 bridgehead atoms. The molecular weight excluding hydrogens is 703 g/mol. The fraction of sp³-hybridized carbons (Fsp3) is 0.0545. The lowest BCUT2D eigenvalue weighted by atomic mass is 9.81. The number of para-hydroxylation sites is 2. The minimum absolute atomic E-state index is 0.185. The molecule has 0 fully saturated rings. The van der Waals surface area contributed by atoms with E-state index in [2.05, 4.69) is 207 Å². The topological polar surface area (TPSA) is 29.0 Å². The number of benzene rings is 9. The lowest BCUT2D eigenvalue weighted by Crippen LogP contribution is -2.16. The molecule has 1 aliphatic carbocycles. The molecule has 3 heteroatoms. The maximum absolute atomic E-state index is 5.49. The third kappa shape index (κ3) is 5.43. The molecule has 9 aromatic carbocycles. The molecule has 3 nitrogen and oxygen atoms in total. The average Bonchev–Trinajstić information content (AvgIpc) is 3.52. The highest BCUT2D eigenvalue weighted by Crippen LogP contribution is 2.54. The van der Waals surface area contributed by atoms with Crippen LogP contribution < -0.4 is 4.90 Å². The zero-order valence-electron chi connectivity index (χ0n) is 32.4. The van der Waals surface area contributed by atoms with Gasteiger partial charge in [-0.25, -0.2) is 9.97 Å². The minimum atomic E-state index is -0.185. The maximum Gasteiger partial charge on any atom is 0.0979 e. The van der Waals surface area contributed by atoms with Crippen molar-refractivity contribution in [3.05, 3.63) is 211 Å². The molecule has 0 atom stereocenters. The summed E-state index contributed by atoms with van der Waals surface area (Å²) >= 11 is 0. The Morgan fingerprint density at radius 2 is 0.983 bits per heavy atom. The predicted molar refractivity (Wildman–Crippen MR) is 243 cm³/mol. The molecule has 0 spiro atoms. The number of aromatic nitrogens is 2. The Morgan fingerprint density at radius 3 is 1.66 bits per heavy atom. The van der Waals surface area contributed by atoms with Crippen molar-refractivity contribution < 1.29 is 0 Å². The van der Waals surface area contributed by atoms with Crippen LogP contribution in [-0.4, -0.2) is 9.97 Å². The van der Waals surface area contributed by atoms with E-state index in [0.29, 0.717) is 0 Å². The summed E-state index contributed by atoms with van der Waals surface area (Å²) in [6, 6.07) is 71.8. The quantitative estimate of drug-likeness (QED) is 0.159. The molecule has 274 valence electrons. The van der Waals surface area contributed by atoms with Crippen molar-refractivity contribution in [2.75, 3.05) is 4.90 Å². The highest BCUT2D eigenvalue weighted by molar-refractivity contribution is 6.19. The molecule has 0 amide bonds. The van der Waals surface area contributed by atoms with Crippen LogP contribution in [0.5, 0.6) is 0 Å². The minimum Gasteiger partial charge on any atom is -0.310 e. The summed E-state index contributed by atoms with van der Waals surface area (Å²) in [5.41, 5.74) is 16.6. The first-order valence-corrected chi connectivity index (χ1v) is 20.0. The van der Waals surface area contributed by atoms with E-state index in [1.807, 2.05) is 12.1 Å². The van der Waals surface area contributed by atoms with Crippen LogP contribution in [0, 0.1) is 0 Å². The van der Waals surface area contributed by atoms with Gasteiger partial charge in [0.1, 0.15) is 0 Å². The summed E-state index contributed by atoms with van der Waals surface area (Å²) < 4.78 is 0. The Kier molecular flexibility index (Phi) is 7.84. The number of anilines is 3. The second-order valence-electron chi connectivity index (χ2n) is 15.8. The normalized spacial score (nSPS) is 12.8.